The van der Waals surface area contributed by atoms with Crippen molar-refractivity contribution in [2.75, 3.05) is 0 Å². The molecule has 0 spiro atoms. The van der Waals surface area contributed by atoms with E-state index in [1.807, 2.05) is 6.07 Å². The molecule has 0 aliphatic rings. The molecule has 1 aromatic rings. The molecule has 2 N–H and O–H groups in total. The molecule has 1 rings (SSSR count). The molecule has 0 fully saturated rings. The number of nitrogens with one attached hydrogen (secondary N) is 1. The number of carbonyl (C=O) groups excluding carboxylic acids is 1. The summed E-state index contributed by atoms with van der Waals surface area (Å²) in [5.41, 5.74) is 0.149. The number of pyridine rings is 1. The van der Waals surface area contributed by atoms with Crippen molar-refractivity contribution in [2.24, 2.45) is 0 Å². The molecule has 0 aromatic carbocycles. The maximum absolute atomic E-state index is 11.6. The van der Waals surface area contributed by atoms with Gasteiger partial charge in [-0.2, -0.15) is 5.26 Å². The number of carbonyl (C=O) groups is 2. The van der Waals surface area contributed by atoms with Gasteiger partial charge in [0, 0.05) is 12.6 Å². The average Bonchev–Trinajstić information content (AvgIpc) is 2.35. The highest BCUT2D eigenvalue weighted by atomic mass is 16.4. The second-order valence-electron chi connectivity index (χ2n) is 3.28. The Bertz CT molecular complexity index is 439. The highest BCUT2D eigenvalue weighted by Gasteiger charge is 2.20. The van der Waals surface area contributed by atoms with Crippen LogP contribution >= 0.6 is 0 Å². The summed E-state index contributed by atoms with van der Waals surface area (Å²) in [5.74, 6) is -1.72. The van der Waals surface area contributed by atoms with Crippen molar-refractivity contribution in [3.05, 3.63) is 30.1 Å². The summed E-state index contributed by atoms with van der Waals surface area (Å²) in [6.07, 6.45) is 1.59. The van der Waals surface area contributed by atoms with Crippen molar-refractivity contribution >= 4 is 11.9 Å². The van der Waals surface area contributed by atoms with Crippen molar-refractivity contribution in [1.29, 1.82) is 5.26 Å². The summed E-state index contributed by atoms with van der Waals surface area (Å²) in [6.45, 7) is 0. The molecular weight excluding hydrogens is 222 g/mol. The van der Waals surface area contributed by atoms with Gasteiger partial charge < -0.3 is 10.4 Å². The van der Waals surface area contributed by atoms with Crippen molar-refractivity contribution in [1.82, 2.24) is 10.3 Å². The highest BCUT2D eigenvalue weighted by Crippen LogP contribution is 2.00. The topological polar surface area (TPSA) is 103 Å². The first kappa shape index (κ1) is 12.6. The number of nitriles is 1. The van der Waals surface area contributed by atoms with Gasteiger partial charge in [0.15, 0.2) is 0 Å². The van der Waals surface area contributed by atoms with Crippen LogP contribution in [-0.4, -0.2) is 28.0 Å². The number of nitrogens with zero attached hydrogens (tertiary/aromatic N) is 2. The first-order chi connectivity index (χ1) is 8.15. The molecule has 6 heteroatoms. The van der Waals surface area contributed by atoms with Crippen molar-refractivity contribution < 1.29 is 14.7 Å². The SMILES string of the molecule is N#CCC[C@H](NC(=O)c1ccccn1)C(=O)O. The maximum Gasteiger partial charge on any atom is 0.326 e. The molecular formula is C11H11N3O3. The van der Waals surface area contributed by atoms with Crippen LogP contribution in [0.5, 0.6) is 0 Å². The van der Waals surface area contributed by atoms with Crippen LogP contribution in [0.1, 0.15) is 23.3 Å². The fourth-order valence-corrected chi connectivity index (χ4v) is 1.20. The van der Waals surface area contributed by atoms with E-state index in [1.54, 1.807) is 12.1 Å². The molecule has 17 heavy (non-hydrogen) atoms. The first-order valence-corrected chi connectivity index (χ1v) is 4.97. The van der Waals surface area contributed by atoms with Gasteiger partial charge in [-0.05, 0) is 18.6 Å². The van der Waals surface area contributed by atoms with E-state index < -0.39 is 17.9 Å². The van der Waals surface area contributed by atoms with E-state index in [1.165, 1.54) is 12.3 Å². The molecule has 1 aromatic heterocycles. The van der Waals surface area contributed by atoms with Gasteiger partial charge in [0.1, 0.15) is 11.7 Å². The fraction of sp³-hybridized carbons (Fsp3) is 0.273. The Kier molecular flexibility index (Phi) is 4.63. The van der Waals surface area contributed by atoms with E-state index in [0.29, 0.717) is 0 Å². The van der Waals surface area contributed by atoms with E-state index >= 15 is 0 Å². The normalized spacial score (nSPS) is 11.2. The van der Waals surface area contributed by atoms with E-state index in [0.717, 1.165) is 0 Å². The highest BCUT2D eigenvalue weighted by molar-refractivity contribution is 5.94. The Morgan fingerprint density at radius 3 is 2.82 bits per heavy atom. The summed E-state index contributed by atoms with van der Waals surface area (Å²) in [4.78, 5) is 26.2. The number of carboxylic acids is 1. The average molecular weight is 233 g/mol. The van der Waals surface area contributed by atoms with Gasteiger partial charge in [-0.1, -0.05) is 6.07 Å². The fourth-order valence-electron chi connectivity index (χ4n) is 1.20. The molecule has 0 saturated heterocycles. The predicted octanol–water partition coefficient (Wildman–Crippen LogP) is 0.568. The summed E-state index contributed by atoms with van der Waals surface area (Å²) < 4.78 is 0. The monoisotopic (exact) mass is 233 g/mol. The largest absolute Gasteiger partial charge is 0.480 e. The molecule has 0 radical (unpaired) electrons. The number of hydrogen-bond donors (Lipinski definition) is 2. The van der Waals surface area contributed by atoms with Crippen molar-refractivity contribution in [2.45, 2.75) is 18.9 Å². The van der Waals surface area contributed by atoms with Gasteiger partial charge in [0.2, 0.25) is 0 Å². The minimum Gasteiger partial charge on any atom is -0.480 e. The number of rotatable bonds is 5. The molecule has 0 bridgehead atoms. The van der Waals surface area contributed by atoms with Crippen LogP contribution in [0.3, 0.4) is 0 Å². The lowest BCUT2D eigenvalue weighted by Gasteiger charge is -2.12. The molecule has 1 amide bonds. The smallest absolute Gasteiger partial charge is 0.326 e. The lowest BCUT2D eigenvalue weighted by atomic mass is 10.1. The molecule has 0 aliphatic carbocycles. The van der Waals surface area contributed by atoms with Gasteiger partial charge in [-0.3, -0.25) is 9.78 Å². The van der Waals surface area contributed by atoms with Gasteiger partial charge in [-0.15, -0.1) is 0 Å². The van der Waals surface area contributed by atoms with Gasteiger partial charge >= 0.3 is 5.97 Å². The third-order valence-corrected chi connectivity index (χ3v) is 2.05. The summed E-state index contributed by atoms with van der Waals surface area (Å²) in [6, 6.07) is 5.54. The Morgan fingerprint density at radius 1 is 1.53 bits per heavy atom. The minimum absolute atomic E-state index is 0.0689. The quantitative estimate of drug-likeness (QED) is 0.773. The molecule has 0 saturated carbocycles. The summed E-state index contributed by atoms with van der Waals surface area (Å²) in [5, 5.41) is 19.5. The number of hydrogen-bond acceptors (Lipinski definition) is 4. The van der Waals surface area contributed by atoms with Gasteiger partial charge in [0.25, 0.3) is 5.91 Å². The Labute approximate surface area is 97.9 Å². The van der Waals surface area contributed by atoms with Crippen LogP contribution in [0.15, 0.2) is 24.4 Å². The lowest BCUT2D eigenvalue weighted by molar-refractivity contribution is -0.139. The Hall–Kier alpha value is -2.42. The molecule has 6 nitrogen and oxygen atoms in total. The zero-order valence-electron chi connectivity index (χ0n) is 8.96. The number of amides is 1. The second-order valence-corrected chi connectivity index (χ2v) is 3.28. The van der Waals surface area contributed by atoms with E-state index in [4.69, 9.17) is 10.4 Å². The summed E-state index contributed by atoms with van der Waals surface area (Å²) in [7, 11) is 0. The molecule has 88 valence electrons. The zero-order chi connectivity index (χ0) is 12.7. The second kappa shape index (κ2) is 6.23. The minimum atomic E-state index is -1.16. The van der Waals surface area contributed by atoms with Crippen LogP contribution in [0.2, 0.25) is 0 Å². The lowest BCUT2D eigenvalue weighted by Crippen LogP contribution is -2.40. The number of aliphatic carboxylic acids is 1. The third-order valence-electron chi connectivity index (χ3n) is 2.05. The third kappa shape index (κ3) is 3.91. The molecule has 0 unspecified atom stereocenters. The van der Waals surface area contributed by atoms with Crippen LogP contribution < -0.4 is 5.32 Å². The van der Waals surface area contributed by atoms with Gasteiger partial charge in [-0.25, -0.2) is 4.79 Å². The molecule has 0 aliphatic heterocycles. The molecule has 1 atom stereocenters. The van der Waals surface area contributed by atoms with Crippen LogP contribution in [0.4, 0.5) is 0 Å². The van der Waals surface area contributed by atoms with E-state index in [-0.39, 0.29) is 18.5 Å². The number of aromatic nitrogens is 1. The summed E-state index contributed by atoms with van der Waals surface area (Å²) >= 11 is 0. The zero-order valence-corrected chi connectivity index (χ0v) is 8.96. The van der Waals surface area contributed by atoms with Crippen LogP contribution in [0.25, 0.3) is 0 Å². The van der Waals surface area contributed by atoms with Crippen LogP contribution in [0, 0.1) is 11.3 Å². The van der Waals surface area contributed by atoms with Gasteiger partial charge in [0.05, 0.1) is 6.07 Å². The van der Waals surface area contributed by atoms with Crippen LogP contribution in [-0.2, 0) is 4.79 Å². The van der Waals surface area contributed by atoms with Crippen molar-refractivity contribution in [3.8, 4) is 6.07 Å². The standard InChI is InChI=1S/C11H11N3O3/c12-6-3-5-9(11(16)17)14-10(15)8-4-1-2-7-13-8/h1-2,4,7,9H,3,5H2,(H,14,15)(H,16,17)/t9-/m0/s1. The number of carboxylic acid groups (broad SMARTS) is 1. The van der Waals surface area contributed by atoms with E-state index in [9.17, 15) is 9.59 Å². The maximum atomic E-state index is 11.6. The Balaban J connectivity index is 2.65. The predicted molar refractivity (Wildman–Crippen MR) is 58.0 cm³/mol. The van der Waals surface area contributed by atoms with Crippen molar-refractivity contribution in [3.63, 3.8) is 0 Å². The first-order valence-electron chi connectivity index (χ1n) is 4.97. The van der Waals surface area contributed by atoms with E-state index in [2.05, 4.69) is 10.3 Å². The Morgan fingerprint density at radius 2 is 2.29 bits per heavy atom. The molecule has 1 heterocycles.